The molecule has 2 aromatic carbocycles. The molecule has 0 bridgehead atoms. The molecule has 8 heteroatoms. The Labute approximate surface area is 166 Å². The summed E-state index contributed by atoms with van der Waals surface area (Å²) in [6.45, 7) is 2.33. The summed E-state index contributed by atoms with van der Waals surface area (Å²) < 4.78 is 5.45. The van der Waals surface area contributed by atoms with E-state index in [4.69, 9.17) is 28.6 Å². The summed E-state index contributed by atoms with van der Waals surface area (Å²) >= 11 is 11.1. The molecule has 2 amide bonds. The van der Waals surface area contributed by atoms with Gasteiger partial charge < -0.3 is 9.84 Å². The lowest BCUT2D eigenvalue weighted by Crippen LogP contribution is -2.54. The maximum atomic E-state index is 13.0. The average Bonchev–Trinajstić information content (AvgIpc) is 2.62. The molecule has 0 aromatic heterocycles. The van der Waals surface area contributed by atoms with Crippen molar-refractivity contribution in [2.75, 3.05) is 11.5 Å². The van der Waals surface area contributed by atoms with Crippen molar-refractivity contribution in [1.29, 1.82) is 0 Å². The molecule has 0 radical (unpaired) electrons. The van der Waals surface area contributed by atoms with Crippen LogP contribution >= 0.6 is 23.8 Å². The van der Waals surface area contributed by atoms with Gasteiger partial charge in [0.1, 0.15) is 17.1 Å². The van der Waals surface area contributed by atoms with E-state index in [1.165, 1.54) is 23.1 Å². The summed E-state index contributed by atoms with van der Waals surface area (Å²) in [5.74, 6) is -0.680. The summed E-state index contributed by atoms with van der Waals surface area (Å²) in [7, 11) is 0. The number of aromatic hydroxyl groups is 1. The molecule has 0 atom stereocenters. The summed E-state index contributed by atoms with van der Waals surface area (Å²) in [6.07, 6.45) is 1.39. The highest BCUT2D eigenvalue weighted by molar-refractivity contribution is 7.80. The van der Waals surface area contributed by atoms with Gasteiger partial charge in [0.25, 0.3) is 11.8 Å². The van der Waals surface area contributed by atoms with E-state index in [1.807, 2.05) is 6.92 Å². The van der Waals surface area contributed by atoms with Crippen LogP contribution in [0.4, 0.5) is 5.69 Å². The first kappa shape index (κ1) is 18.9. The van der Waals surface area contributed by atoms with Crippen molar-refractivity contribution in [1.82, 2.24) is 5.32 Å². The highest BCUT2D eigenvalue weighted by Gasteiger charge is 2.34. The second-order valence-corrected chi connectivity index (χ2v) is 6.39. The molecular formula is C19H15ClN2O4S. The van der Waals surface area contributed by atoms with Crippen LogP contribution in [0.5, 0.6) is 11.5 Å². The topological polar surface area (TPSA) is 78.9 Å². The minimum atomic E-state index is -0.605. The summed E-state index contributed by atoms with van der Waals surface area (Å²) in [6, 6.07) is 11.2. The SMILES string of the molecule is CCOc1cccc(N2C(=O)/C(=C/c3ccc(O)c(Cl)c3)C(=O)NC2=S)c1. The van der Waals surface area contributed by atoms with Crippen molar-refractivity contribution in [2.24, 2.45) is 0 Å². The number of rotatable bonds is 4. The summed E-state index contributed by atoms with van der Waals surface area (Å²) in [5, 5.41) is 12.1. The van der Waals surface area contributed by atoms with Gasteiger partial charge in [-0.2, -0.15) is 0 Å². The number of benzene rings is 2. The van der Waals surface area contributed by atoms with Crippen LogP contribution in [-0.4, -0.2) is 28.6 Å². The second kappa shape index (κ2) is 7.77. The lowest BCUT2D eigenvalue weighted by molar-refractivity contribution is -0.122. The van der Waals surface area contributed by atoms with Crippen molar-refractivity contribution in [3.8, 4) is 11.5 Å². The zero-order valence-electron chi connectivity index (χ0n) is 14.2. The van der Waals surface area contributed by atoms with Crippen LogP contribution in [0.1, 0.15) is 12.5 Å². The van der Waals surface area contributed by atoms with Gasteiger partial charge in [0, 0.05) is 6.07 Å². The number of ether oxygens (including phenoxy) is 1. The van der Waals surface area contributed by atoms with E-state index in [0.717, 1.165) is 0 Å². The molecule has 0 saturated carbocycles. The third-order valence-corrected chi connectivity index (χ3v) is 4.36. The van der Waals surface area contributed by atoms with E-state index in [9.17, 15) is 14.7 Å². The largest absolute Gasteiger partial charge is 0.506 e. The van der Waals surface area contributed by atoms with Crippen LogP contribution in [0.25, 0.3) is 6.08 Å². The van der Waals surface area contributed by atoms with Crippen LogP contribution in [-0.2, 0) is 9.59 Å². The number of carbonyl (C=O) groups is 2. The smallest absolute Gasteiger partial charge is 0.270 e. The second-order valence-electron chi connectivity index (χ2n) is 5.60. The predicted octanol–water partition coefficient (Wildman–Crippen LogP) is 3.28. The zero-order valence-corrected chi connectivity index (χ0v) is 15.8. The van der Waals surface area contributed by atoms with Crippen molar-refractivity contribution in [2.45, 2.75) is 6.92 Å². The lowest BCUT2D eigenvalue weighted by atomic mass is 10.1. The zero-order chi connectivity index (χ0) is 19.6. The van der Waals surface area contributed by atoms with Gasteiger partial charge in [-0.15, -0.1) is 0 Å². The number of phenols is 1. The fourth-order valence-electron chi connectivity index (χ4n) is 2.55. The minimum Gasteiger partial charge on any atom is -0.506 e. The van der Waals surface area contributed by atoms with Crippen LogP contribution in [0, 0.1) is 0 Å². The minimum absolute atomic E-state index is 0.0143. The predicted molar refractivity (Wildman–Crippen MR) is 107 cm³/mol. The molecule has 0 aliphatic carbocycles. The summed E-state index contributed by atoms with van der Waals surface area (Å²) in [4.78, 5) is 26.5. The Kier molecular flexibility index (Phi) is 5.43. The Morgan fingerprint density at radius 1 is 1.26 bits per heavy atom. The molecule has 2 N–H and O–H groups in total. The molecular weight excluding hydrogens is 388 g/mol. The van der Waals surface area contributed by atoms with E-state index in [1.54, 1.807) is 30.3 Å². The van der Waals surface area contributed by atoms with E-state index >= 15 is 0 Å². The van der Waals surface area contributed by atoms with Gasteiger partial charge in [-0.1, -0.05) is 23.7 Å². The first-order valence-electron chi connectivity index (χ1n) is 8.03. The van der Waals surface area contributed by atoms with E-state index in [2.05, 4.69) is 5.32 Å². The molecule has 6 nitrogen and oxygen atoms in total. The number of hydrogen-bond donors (Lipinski definition) is 2. The molecule has 1 aliphatic heterocycles. The normalized spacial score (nSPS) is 15.9. The lowest BCUT2D eigenvalue weighted by Gasteiger charge is -2.29. The first-order chi connectivity index (χ1) is 12.9. The molecule has 2 aromatic rings. The number of halogens is 1. The molecule has 1 fully saturated rings. The monoisotopic (exact) mass is 402 g/mol. The van der Waals surface area contributed by atoms with E-state index < -0.39 is 11.8 Å². The molecule has 0 unspecified atom stereocenters. The highest BCUT2D eigenvalue weighted by atomic mass is 35.5. The van der Waals surface area contributed by atoms with Crippen LogP contribution in [0.2, 0.25) is 5.02 Å². The van der Waals surface area contributed by atoms with Gasteiger partial charge in [0.05, 0.1) is 17.3 Å². The maximum Gasteiger partial charge on any atom is 0.270 e. The Hall–Kier alpha value is -2.90. The van der Waals surface area contributed by atoms with Crippen molar-refractivity contribution in [3.05, 3.63) is 58.6 Å². The van der Waals surface area contributed by atoms with Crippen LogP contribution in [0.15, 0.2) is 48.0 Å². The number of amides is 2. The third kappa shape index (κ3) is 3.94. The third-order valence-electron chi connectivity index (χ3n) is 3.77. The number of hydrogen-bond acceptors (Lipinski definition) is 5. The van der Waals surface area contributed by atoms with Crippen molar-refractivity contribution < 1.29 is 19.4 Å². The molecule has 3 rings (SSSR count). The Balaban J connectivity index is 1.99. The fourth-order valence-corrected chi connectivity index (χ4v) is 3.02. The number of anilines is 1. The molecule has 27 heavy (non-hydrogen) atoms. The van der Waals surface area contributed by atoms with Crippen molar-refractivity contribution in [3.63, 3.8) is 0 Å². The Bertz CT molecular complexity index is 974. The Morgan fingerprint density at radius 2 is 2.04 bits per heavy atom. The number of nitrogens with one attached hydrogen (secondary N) is 1. The molecule has 1 saturated heterocycles. The van der Waals surface area contributed by atoms with E-state index in [-0.39, 0.29) is 21.5 Å². The van der Waals surface area contributed by atoms with Crippen LogP contribution in [0.3, 0.4) is 0 Å². The molecule has 1 heterocycles. The van der Waals surface area contributed by atoms with E-state index in [0.29, 0.717) is 23.6 Å². The average molecular weight is 403 g/mol. The fraction of sp³-hybridized carbons (Fsp3) is 0.105. The number of phenolic OH excluding ortho intramolecular Hbond substituents is 1. The molecule has 0 spiro atoms. The van der Waals surface area contributed by atoms with Crippen molar-refractivity contribution >= 4 is 52.5 Å². The van der Waals surface area contributed by atoms with Gasteiger partial charge in [-0.05, 0) is 55.0 Å². The number of carbonyl (C=O) groups excluding carboxylic acids is 2. The van der Waals surface area contributed by atoms with Gasteiger partial charge >= 0.3 is 0 Å². The Morgan fingerprint density at radius 3 is 2.74 bits per heavy atom. The summed E-state index contributed by atoms with van der Waals surface area (Å²) in [5.41, 5.74) is 0.866. The van der Waals surface area contributed by atoms with Gasteiger partial charge in [0.2, 0.25) is 0 Å². The molecule has 138 valence electrons. The van der Waals surface area contributed by atoms with Gasteiger partial charge in [0.15, 0.2) is 5.11 Å². The van der Waals surface area contributed by atoms with Gasteiger partial charge in [-0.25, -0.2) is 0 Å². The number of thiocarbonyl (C=S) groups is 1. The van der Waals surface area contributed by atoms with Gasteiger partial charge in [-0.3, -0.25) is 19.8 Å². The highest BCUT2D eigenvalue weighted by Crippen LogP contribution is 2.28. The first-order valence-corrected chi connectivity index (χ1v) is 8.82. The maximum absolute atomic E-state index is 13.0. The van der Waals surface area contributed by atoms with Crippen LogP contribution < -0.4 is 15.0 Å². The number of nitrogens with zero attached hydrogens (tertiary/aromatic N) is 1. The molecule has 1 aliphatic rings. The quantitative estimate of drug-likeness (QED) is 0.466. The standard InChI is InChI=1S/C19H15ClN2O4S/c1-2-26-13-5-3-4-12(10-13)22-18(25)14(17(24)21-19(22)27)8-11-6-7-16(23)15(20)9-11/h3-10,23H,2H2,1H3,(H,21,24,27)/b14-8+.